The molecule has 0 aliphatic carbocycles. The minimum Gasteiger partial charge on any atom is -0.490 e. The van der Waals surface area contributed by atoms with Gasteiger partial charge in [0.25, 0.3) is 5.91 Å². The van der Waals surface area contributed by atoms with Gasteiger partial charge in [-0.15, -0.1) is 0 Å². The molecule has 1 aliphatic rings. The molecular formula is C24H35N5O3. The fourth-order valence-corrected chi connectivity index (χ4v) is 3.54. The van der Waals surface area contributed by atoms with Gasteiger partial charge in [-0.2, -0.15) is 0 Å². The fraction of sp³-hybridized carbons (Fsp3) is 0.542. The van der Waals surface area contributed by atoms with Crippen LogP contribution < -0.4 is 19.7 Å². The molecule has 0 saturated carbocycles. The Morgan fingerprint density at radius 3 is 2.38 bits per heavy atom. The largest absolute Gasteiger partial charge is 0.490 e. The van der Waals surface area contributed by atoms with Gasteiger partial charge in [0.2, 0.25) is 5.95 Å². The van der Waals surface area contributed by atoms with Crippen molar-refractivity contribution in [1.82, 2.24) is 20.2 Å². The van der Waals surface area contributed by atoms with E-state index in [9.17, 15) is 4.79 Å². The van der Waals surface area contributed by atoms with E-state index in [1.807, 2.05) is 12.1 Å². The molecule has 0 spiro atoms. The van der Waals surface area contributed by atoms with Gasteiger partial charge in [-0.25, -0.2) is 9.97 Å². The predicted octanol–water partition coefficient (Wildman–Crippen LogP) is 3.00. The van der Waals surface area contributed by atoms with Crippen LogP contribution in [0.1, 0.15) is 43.5 Å². The molecule has 1 amide bonds. The Hall–Kier alpha value is -2.87. The molecule has 1 aromatic carbocycles. The highest BCUT2D eigenvalue weighted by Crippen LogP contribution is 2.29. The summed E-state index contributed by atoms with van der Waals surface area (Å²) in [7, 11) is 0. The Bertz CT molecular complexity index is 826. The normalized spacial score (nSPS) is 14.2. The van der Waals surface area contributed by atoms with E-state index in [-0.39, 0.29) is 5.91 Å². The summed E-state index contributed by atoms with van der Waals surface area (Å²) >= 11 is 0. The van der Waals surface area contributed by atoms with Gasteiger partial charge in [-0.1, -0.05) is 13.8 Å². The van der Waals surface area contributed by atoms with Crippen LogP contribution in [0, 0.1) is 0 Å². The molecule has 174 valence electrons. The van der Waals surface area contributed by atoms with Gasteiger partial charge in [0.05, 0.1) is 13.2 Å². The zero-order valence-electron chi connectivity index (χ0n) is 19.3. The van der Waals surface area contributed by atoms with Crippen molar-refractivity contribution in [1.29, 1.82) is 0 Å². The number of amides is 1. The smallest absolute Gasteiger partial charge is 0.251 e. The first kappa shape index (κ1) is 23.8. The van der Waals surface area contributed by atoms with Crippen LogP contribution in [0.3, 0.4) is 0 Å². The van der Waals surface area contributed by atoms with Crippen molar-refractivity contribution in [3.8, 4) is 11.5 Å². The van der Waals surface area contributed by atoms with E-state index >= 15 is 0 Å². The van der Waals surface area contributed by atoms with Gasteiger partial charge >= 0.3 is 0 Å². The molecule has 2 heterocycles. The minimum atomic E-state index is -0.0839. The number of nitrogens with one attached hydrogen (secondary N) is 1. The van der Waals surface area contributed by atoms with Crippen LogP contribution in [0.25, 0.3) is 0 Å². The number of rotatable bonds is 12. The maximum Gasteiger partial charge on any atom is 0.251 e. The molecule has 32 heavy (non-hydrogen) atoms. The summed E-state index contributed by atoms with van der Waals surface area (Å²) in [6.07, 6.45) is 6.29. The van der Waals surface area contributed by atoms with E-state index in [0.717, 1.165) is 57.9 Å². The fourth-order valence-electron chi connectivity index (χ4n) is 3.54. The second-order valence-corrected chi connectivity index (χ2v) is 7.85. The van der Waals surface area contributed by atoms with Crippen LogP contribution in [0.2, 0.25) is 0 Å². The number of benzene rings is 1. The average molecular weight is 442 g/mol. The SMILES string of the molecule is CCCOc1ccc(C(=O)NCCCN2CCN(c3ncccn3)CC2)cc1OCCC. The van der Waals surface area contributed by atoms with E-state index in [1.54, 1.807) is 24.5 Å². The van der Waals surface area contributed by atoms with Gasteiger partial charge in [-0.3, -0.25) is 9.69 Å². The van der Waals surface area contributed by atoms with Crippen molar-refractivity contribution < 1.29 is 14.3 Å². The lowest BCUT2D eigenvalue weighted by atomic mass is 10.2. The summed E-state index contributed by atoms with van der Waals surface area (Å²) in [5.74, 6) is 2.04. The lowest BCUT2D eigenvalue weighted by Gasteiger charge is -2.34. The van der Waals surface area contributed by atoms with Crippen molar-refractivity contribution in [2.24, 2.45) is 0 Å². The van der Waals surface area contributed by atoms with Gasteiger partial charge in [-0.05, 0) is 50.1 Å². The van der Waals surface area contributed by atoms with Crippen LogP contribution in [-0.2, 0) is 0 Å². The molecule has 1 N–H and O–H groups in total. The Morgan fingerprint density at radius 1 is 1.00 bits per heavy atom. The molecule has 1 aliphatic heterocycles. The molecule has 8 nitrogen and oxygen atoms in total. The van der Waals surface area contributed by atoms with E-state index in [2.05, 4.69) is 38.9 Å². The number of carbonyl (C=O) groups excluding carboxylic acids is 1. The maximum atomic E-state index is 12.6. The monoisotopic (exact) mass is 441 g/mol. The van der Waals surface area contributed by atoms with Crippen LogP contribution in [0.15, 0.2) is 36.7 Å². The van der Waals surface area contributed by atoms with Gasteiger partial charge < -0.3 is 19.7 Å². The zero-order chi connectivity index (χ0) is 22.6. The molecule has 8 heteroatoms. The molecule has 3 rings (SSSR count). The zero-order valence-corrected chi connectivity index (χ0v) is 19.3. The summed E-state index contributed by atoms with van der Waals surface area (Å²) in [5.41, 5.74) is 0.594. The number of hydrogen-bond donors (Lipinski definition) is 1. The quantitative estimate of drug-likeness (QED) is 0.507. The third-order valence-electron chi connectivity index (χ3n) is 5.27. The van der Waals surface area contributed by atoms with Crippen molar-refractivity contribution in [2.45, 2.75) is 33.1 Å². The van der Waals surface area contributed by atoms with Gasteiger partial charge in [0, 0.05) is 50.7 Å². The molecule has 0 radical (unpaired) electrons. The lowest BCUT2D eigenvalue weighted by molar-refractivity contribution is 0.0951. The number of piperazine rings is 1. The second-order valence-electron chi connectivity index (χ2n) is 7.85. The first-order valence-corrected chi connectivity index (χ1v) is 11.6. The van der Waals surface area contributed by atoms with Crippen molar-refractivity contribution in [3.05, 3.63) is 42.2 Å². The molecule has 2 aromatic rings. The highest BCUT2D eigenvalue weighted by molar-refractivity contribution is 5.94. The summed E-state index contributed by atoms with van der Waals surface area (Å²) in [5, 5.41) is 3.03. The van der Waals surface area contributed by atoms with Gasteiger partial charge in [0.1, 0.15) is 0 Å². The van der Waals surface area contributed by atoms with Crippen LogP contribution in [-0.4, -0.2) is 73.3 Å². The number of aromatic nitrogens is 2. The summed E-state index contributed by atoms with van der Waals surface area (Å²) in [6, 6.07) is 7.23. The molecule has 1 saturated heterocycles. The molecule has 1 fully saturated rings. The number of hydrogen-bond acceptors (Lipinski definition) is 7. The second kappa shape index (κ2) is 12.9. The molecule has 0 unspecified atom stereocenters. The molecular weight excluding hydrogens is 406 g/mol. The van der Waals surface area contributed by atoms with E-state index in [4.69, 9.17) is 9.47 Å². The summed E-state index contributed by atoms with van der Waals surface area (Å²) < 4.78 is 11.5. The molecule has 1 aromatic heterocycles. The van der Waals surface area contributed by atoms with Crippen molar-refractivity contribution in [3.63, 3.8) is 0 Å². The minimum absolute atomic E-state index is 0.0839. The van der Waals surface area contributed by atoms with Crippen molar-refractivity contribution in [2.75, 3.05) is 57.4 Å². The topological polar surface area (TPSA) is 79.8 Å². The van der Waals surface area contributed by atoms with E-state index < -0.39 is 0 Å². The molecule has 0 bridgehead atoms. The number of carbonyl (C=O) groups is 1. The van der Waals surface area contributed by atoms with Crippen LogP contribution in [0.5, 0.6) is 11.5 Å². The Balaban J connectivity index is 1.41. The molecule has 0 atom stereocenters. The number of ether oxygens (including phenoxy) is 2. The summed E-state index contributed by atoms with van der Waals surface area (Å²) in [6.45, 7) is 10.7. The first-order valence-electron chi connectivity index (χ1n) is 11.6. The summed E-state index contributed by atoms with van der Waals surface area (Å²) in [4.78, 5) is 25.9. The van der Waals surface area contributed by atoms with Crippen LogP contribution in [0.4, 0.5) is 5.95 Å². The standard InChI is InChI=1S/C24H35N5O3/c1-3-17-31-21-8-7-20(19-22(21)32-18-4-2)23(30)25-11-6-12-28-13-15-29(16-14-28)24-26-9-5-10-27-24/h5,7-10,19H,3-4,6,11-18H2,1-2H3,(H,25,30). The Kier molecular flexibility index (Phi) is 9.56. The third kappa shape index (κ3) is 7.09. The van der Waals surface area contributed by atoms with E-state index in [0.29, 0.717) is 36.8 Å². The highest BCUT2D eigenvalue weighted by atomic mass is 16.5. The van der Waals surface area contributed by atoms with Crippen molar-refractivity contribution >= 4 is 11.9 Å². The average Bonchev–Trinajstić information content (AvgIpc) is 2.85. The van der Waals surface area contributed by atoms with Gasteiger partial charge in [0.15, 0.2) is 11.5 Å². The lowest BCUT2D eigenvalue weighted by Crippen LogP contribution is -2.47. The third-order valence-corrected chi connectivity index (χ3v) is 5.27. The predicted molar refractivity (Wildman–Crippen MR) is 126 cm³/mol. The Morgan fingerprint density at radius 2 is 1.69 bits per heavy atom. The first-order chi connectivity index (χ1) is 15.7. The number of anilines is 1. The van der Waals surface area contributed by atoms with E-state index in [1.165, 1.54) is 0 Å². The highest BCUT2D eigenvalue weighted by Gasteiger charge is 2.18. The van der Waals surface area contributed by atoms with Crippen LogP contribution >= 0.6 is 0 Å². The maximum absolute atomic E-state index is 12.6. The Labute approximate surface area is 190 Å². The number of nitrogens with zero attached hydrogens (tertiary/aromatic N) is 4.